The van der Waals surface area contributed by atoms with Crippen molar-refractivity contribution >= 4 is 33.1 Å². The summed E-state index contributed by atoms with van der Waals surface area (Å²) in [5, 5.41) is 14.3. The molecule has 0 saturated carbocycles. The molecule has 180 valence electrons. The predicted molar refractivity (Wildman–Crippen MR) is 139 cm³/mol. The molecule has 8 nitrogen and oxygen atoms in total. The fourth-order valence-corrected chi connectivity index (χ4v) is 4.59. The minimum absolute atomic E-state index is 0.0228. The van der Waals surface area contributed by atoms with Gasteiger partial charge in [-0.3, -0.25) is 19.4 Å². The van der Waals surface area contributed by atoms with E-state index in [0.29, 0.717) is 45.4 Å². The Morgan fingerprint density at radius 2 is 1.72 bits per heavy atom. The van der Waals surface area contributed by atoms with Crippen molar-refractivity contribution in [1.82, 2.24) is 14.8 Å². The van der Waals surface area contributed by atoms with Crippen molar-refractivity contribution in [3.8, 4) is 22.6 Å². The average Bonchev–Trinajstić information content (AvgIpc) is 3.43. The number of aromatic nitrogens is 3. The van der Waals surface area contributed by atoms with Crippen LogP contribution in [0.4, 0.5) is 0 Å². The Hall–Kier alpha value is -4.72. The van der Waals surface area contributed by atoms with E-state index in [1.165, 1.54) is 6.07 Å². The molecule has 6 aromatic rings. The molecule has 0 saturated heterocycles. The Balaban J connectivity index is 1.56. The molecular formula is C28H23N3O5. The zero-order chi connectivity index (χ0) is 25.0. The predicted octanol–water partition coefficient (Wildman–Crippen LogP) is 5.45. The summed E-state index contributed by atoms with van der Waals surface area (Å²) in [4.78, 5) is 28.5. The fraction of sp³-hybridized carbons (Fsp3) is 0.143. The van der Waals surface area contributed by atoms with Gasteiger partial charge >= 0.3 is 0 Å². The SMILES string of the molecule is CC(C)n1[nH]c(=O)c2c(-c3ccc(OCc4ccccc4)cc3)c3oc4c(O)c(=O)ccc4c3[nH]c21. The minimum atomic E-state index is -0.530. The fourth-order valence-electron chi connectivity index (χ4n) is 4.59. The van der Waals surface area contributed by atoms with Crippen LogP contribution in [0.15, 0.2) is 80.7 Å². The van der Waals surface area contributed by atoms with Gasteiger partial charge in [0.25, 0.3) is 5.56 Å². The number of aromatic hydroxyl groups is 1. The highest BCUT2D eigenvalue weighted by Gasteiger charge is 2.24. The smallest absolute Gasteiger partial charge is 0.274 e. The molecule has 0 aliphatic heterocycles. The number of benzene rings is 3. The molecule has 0 radical (unpaired) electrons. The molecule has 3 aromatic carbocycles. The molecule has 0 fully saturated rings. The van der Waals surface area contributed by atoms with Gasteiger partial charge in [0.2, 0.25) is 11.2 Å². The molecule has 36 heavy (non-hydrogen) atoms. The number of fused-ring (bicyclic) bond motifs is 4. The van der Waals surface area contributed by atoms with Gasteiger partial charge in [-0.05, 0) is 49.2 Å². The molecule has 8 heteroatoms. The van der Waals surface area contributed by atoms with Gasteiger partial charge in [0, 0.05) is 17.0 Å². The van der Waals surface area contributed by atoms with Crippen LogP contribution >= 0.6 is 0 Å². The second-order valence-corrected chi connectivity index (χ2v) is 9.02. The van der Waals surface area contributed by atoms with Gasteiger partial charge in [-0.25, -0.2) is 0 Å². The first-order valence-corrected chi connectivity index (χ1v) is 11.6. The van der Waals surface area contributed by atoms with Crippen LogP contribution in [0.3, 0.4) is 0 Å². The molecule has 0 amide bonds. The first kappa shape index (κ1) is 21.8. The number of rotatable bonds is 5. The molecular weight excluding hydrogens is 458 g/mol. The Morgan fingerprint density at radius 1 is 0.972 bits per heavy atom. The van der Waals surface area contributed by atoms with Gasteiger partial charge in [-0.2, -0.15) is 0 Å². The van der Waals surface area contributed by atoms with Crippen molar-refractivity contribution < 1.29 is 14.3 Å². The van der Waals surface area contributed by atoms with Crippen LogP contribution in [0.2, 0.25) is 0 Å². The molecule has 0 spiro atoms. The number of ether oxygens (including phenoxy) is 1. The summed E-state index contributed by atoms with van der Waals surface area (Å²) in [5.41, 5.74) is 3.20. The van der Waals surface area contributed by atoms with Gasteiger partial charge in [-0.15, -0.1) is 0 Å². The molecule has 0 atom stereocenters. The van der Waals surface area contributed by atoms with E-state index in [2.05, 4.69) is 10.1 Å². The van der Waals surface area contributed by atoms with Crippen molar-refractivity contribution in [2.75, 3.05) is 0 Å². The van der Waals surface area contributed by atoms with E-state index < -0.39 is 11.2 Å². The Morgan fingerprint density at radius 3 is 2.44 bits per heavy atom. The normalized spacial score (nSPS) is 11.8. The standard InChI is InChI=1S/C28H23N3O5/c1-15(2)31-27-22(28(34)30-31)21(26-23(29-27)19-12-13-20(32)24(33)25(19)36-26)17-8-10-18(11-9-17)35-14-16-6-4-3-5-7-16/h3-13,15,29,33H,14H2,1-2H3,(H,30,34). The van der Waals surface area contributed by atoms with E-state index in [-0.39, 0.29) is 17.2 Å². The summed E-state index contributed by atoms with van der Waals surface area (Å²) in [6, 6.07) is 20.2. The largest absolute Gasteiger partial charge is 0.502 e. The topological polar surface area (TPSA) is 113 Å². The quantitative estimate of drug-likeness (QED) is 0.303. The zero-order valence-corrected chi connectivity index (χ0v) is 19.7. The summed E-state index contributed by atoms with van der Waals surface area (Å²) in [5.74, 6) is 0.225. The second-order valence-electron chi connectivity index (χ2n) is 9.02. The Kier molecular flexibility index (Phi) is 4.96. The number of H-pyrrole nitrogens is 2. The van der Waals surface area contributed by atoms with Crippen LogP contribution in [-0.4, -0.2) is 19.9 Å². The molecule has 3 N–H and O–H groups in total. The third-order valence-electron chi connectivity index (χ3n) is 6.35. The van der Waals surface area contributed by atoms with Gasteiger partial charge < -0.3 is 19.2 Å². The lowest BCUT2D eigenvalue weighted by Gasteiger charge is -2.11. The molecule has 6 rings (SSSR count). The van der Waals surface area contributed by atoms with Crippen molar-refractivity contribution in [2.24, 2.45) is 0 Å². The number of furan rings is 1. The number of hydrogen-bond acceptors (Lipinski definition) is 5. The summed E-state index contributed by atoms with van der Waals surface area (Å²) in [7, 11) is 0. The molecule has 0 aliphatic carbocycles. The number of hydrogen-bond donors (Lipinski definition) is 3. The van der Waals surface area contributed by atoms with Crippen molar-refractivity contribution in [2.45, 2.75) is 26.5 Å². The lowest BCUT2D eigenvalue weighted by molar-refractivity contribution is 0.306. The summed E-state index contributed by atoms with van der Waals surface area (Å²) < 4.78 is 13.7. The number of aromatic amines is 2. The van der Waals surface area contributed by atoms with Gasteiger partial charge in [0.1, 0.15) is 18.0 Å². The number of nitrogens with zero attached hydrogens (tertiary/aromatic N) is 1. The van der Waals surface area contributed by atoms with Gasteiger partial charge in [-0.1, -0.05) is 42.5 Å². The van der Waals surface area contributed by atoms with E-state index in [0.717, 1.165) is 11.1 Å². The van der Waals surface area contributed by atoms with Crippen LogP contribution in [0.5, 0.6) is 11.5 Å². The second kappa shape index (κ2) is 8.20. The summed E-state index contributed by atoms with van der Waals surface area (Å²) in [6.07, 6.45) is 0. The van der Waals surface area contributed by atoms with Crippen molar-refractivity contribution in [1.29, 1.82) is 0 Å². The Labute approximate surface area is 204 Å². The number of phenols is 1. The van der Waals surface area contributed by atoms with Crippen LogP contribution in [0.1, 0.15) is 25.5 Å². The van der Waals surface area contributed by atoms with E-state index in [1.807, 2.05) is 68.4 Å². The zero-order valence-electron chi connectivity index (χ0n) is 19.7. The van der Waals surface area contributed by atoms with E-state index in [1.54, 1.807) is 10.7 Å². The molecule has 0 unspecified atom stereocenters. The van der Waals surface area contributed by atoms with Crippen LogP contribution in [0, 0.1) is 0 Å². The number of phenolic OH excluding ortho intramolecular Hbond substituents is 1. The first-order valence-electron chi connectivity index (χ1n) is 11.6. The maximum atomic E-state index is 13.1. The van der Waals surface area contributed by atoms with E-state index >= 15 is 0 Å². The number of nitrogens with one attached hydrogen (secondary N) is 2. The third kappa shape index (κ3) is 3.38. The third-order valence-corrected chi connectivity index (χ3v) is 6.35. The summed E-state index contributed by atoms with van der Waals surface area (Å²) in [6.45, 7) is 4.37. The van der Waals surface area contributed by atoms with E-state index in [9.17, 15) is 14.7 Å². The lowest BCUT2D eigenvalue weighted by atomic mass is 10.0. The molecule has 0 aliphatic rings. The molecule has 3 aromatic heterocycles. The van der Waals surface area contributed by atoms with E-state index in [4.69, 9.17) is 9.15 Å². The van der Waals surface area contributed by atoms with Gasteiger partial charge in [0.05, 0.1) is 10.9 Å². The monoisotopic (exact) mass is 481 g/mol. The molecule has 3 heterocycles. The average molecular weight is 482 g/mol. The minimum Gasteiger partial charge on any atom is -0.502 e. The van der Waals surface area contributed by atoms with Crippen LogP contribution in [0.25, 0.3) is 44.2 Å². The maximum Gasteiger partial charge on any atom is 0.274 e. The highest BCUT2D eigenvalue weighted by atomic mass is 16.5. The molecule has 0 bridgehead atoms. The van der Waals surface area contributed by atoms with Crippen molar-refractivity contribution in [3.63, 3.8) is 0 Å². The highest BCUT2D eigenvalue weighted by Crippen LogP contribution is 2.40. The maximum absolute atomic E-state index is 13.1. The van der Waals surface area contributed by atoms with Crippen LogP contribution in [-0.2, 0) is 6.61 Å². The van der Waals surface area contributed by atoms with Gasteiger partial charge in [0.15, 0.2) is 11.2 Å². The number of pyridine rings is 1. The first-order chi connectivity index (χ1) is 17.4. The summed E-state index contributed by atoms with van der Waals surface area (Å²) >= 11 is 0. The van der Waals surface area contributed by atoms with Crippen LogP contribution < -0.4 is 15.7 Å². The highest BCUT2D eigenvalue weighted by molar-refractivity contribution is 6.15. The Bertz CT molecular complexity index is 1860. The van der Waals surface area contributed by atoms with Crippen molar-refractivity contribution in [3.05, 3.63) is 92.9 Å². The lowest BCUT2D eigenvalue weighted by Crippen LogP contribution is -2.07.